The fraction of sp³-hybridized carbons (Fsp3) is 0.200. The molecule has 6 aromatic heterocycles. The molecule has 0 aliphatic heterocycles. The fourth-order valence-electron chi connectivity index (χ4n) is 6.02. The number of benzene rings is 2. The molecule has 8 aromatic rings. The molecule has 0 saturated heterocycles. The summed E-state index contributed by atoms with van der Waals surface area (Å²) >= 11 is 9.77. The number of aromatic nitrogens is 6. The van der Waals surface area contributed by atoms with E-state index in [0.29, 0.717) is 5.15 Å². The number of hydrogen-bond acceptors (Lipinski definition) is 6. The first-order valence-electron chi connectivity index (χ1n) is 16.8. The number of nitrogens with one attached hydrogen (secondary N) is 2. The number of hydrogen-bond donors (Lipinski definition) is 2. The lowest BCUT2D eigenvalue weighted by Gasteiger charge is -1.99. The van der Waals surface area contributed by atoms with E-state index in [1.807, 2.05) is 42.6 Å². The molecule has 0 radical (unpaired) electrons. The molecule has 0 bridgehead atoms. The van der Waals surface area contributed by atoms with Crippen molar-refractivity contribution in [2.75, 3.05) is 0 Å². The molecule has 2 aromatic carbocycles. The van der Waals surface area contributed by atoms with Crippen LogP contribution in [-0.4, -0.2) is 29.9 Å². The van der Waals surface area contributed by atoms with Gasteiger partial charge in [0, 0.05) is 71.0 Å². The first kappa shape index (κ1) is 34.7. The third kappa shape index (κ3) is 8.58. The highest BCUT2D eigenvalue weighted by Crippen LogP contribution is 2.30. The molecule has 0 spiro atoms. The quantitative estimate of drug-likeness (QED) is 0.139. The Kier molecular flexibility index (Phi) is 10.9. The highest BCUT2D eigenvalue weighted by molar-refractivity contribution is 7.12. The van der Waals surface area contributed by atoms with Crippen molar-refractivity contribution in [2.24, 2.45) is 0 Å². The van der Waals surface area contributed by atoms with Crippen LogP contribution in [0.1, 0.15) is 54.6 Å². The van der Waals surface area contributed by atoms with E-state index < -0.39 is 0 Å². The van der Waals surface area contributed by atoms with Crippen LogP contribution in [0.3, 0.4) is 0 Å². The van der Waals surface area contributed by atoms with Crippen LogP contribution in [-0.2, 0) is 44.9 Å². The van der Waals surface area contributed by atoms with Crippen LogP contribution in [0.2, 0.25) is 5.15 Å². The number of halogens is 3. The van der Waals surface area contributed by atoms with Crippen molar-refractivity contribution in [1.82, 2.24) is 29.9 Å². The fourth-order valence-corrected chi connectivity index (χ4v) is 8.52. The lowest BCUT2D eigenvalue weighted by atomic mass is 10.1. The number of pyridine rings is 2. The van der Waals surface area contributed by atoms with Gasteiger partial charge in [-0.05, 0) is 90.0 Å². The van der Waals surface area contributed by atoms with Crippen molar-refractivity contribution in [3.8, 4) is 0 Å². The summed E-state index contributed by atoms with van der Waals surface area (Å²) in [7, 11) is 0. The number of nitrogens with zero attached hydrogens (tertiary/aromatic N) is 4. The lowest BCUT2D eigenvalue weighted by Crippen LogP contribution is -1.92. The molecule has 51 heavy (non-hydrogen) atoms. The molecule has 2 N–H and O–H groups in total. The van der Waals surface area contributed by atoms with Gasteiger partial charge in [0.1, 0.15) is 28.1 Å². The maximum Gasteiger partial charge on any atom is 0.143 e. The minimum atomic E-state index is -0.212. The van der Waals surface area contributed by atoms with Crippen LogP contribution in [0, 0.1) is 11.6 Å². The van der Waals surface area contributed by atoms with E-state index in [1.165, 1.54) is 51.3 Å². The Bertz CT molecular complexity index is 2360. The van der Waals surface area contributed by atoms with E-state index in [-0.39, 0.29) is 11.6 Å². The molecule has 0 amide bonds. The third-order valence-electron chi connectivity index (χ3n) is 8.71. The molecule has 8 rings (SSSR count). The first-order chi connectivity index (χ1) is 24.9. The maximum atomic E-state index is 13.0. The summed E-state index contributed by atoms with van der Waals surface area (Å²) in [6.07, 6.45) is 13.5. The first-order valence-corrected chi connectivity index (χ1v) is 18.8. The van der Waals surface area contributed by atoms with Gasteiger partial charge in [0.05, 0.1) is 15.7 Å². The van der Waals surface area contributed by atoms with Gasteiger partial charge in [-0.3, -0.25) is 0 Å². The smallest absolute Gasteiger partial charge is 0.143 e. The SMILES string of the molecule is CCc1nc(CCc2ccc(F)cc2)sc1Cc1c[nH]c2ncccc12.Fc1ccc(CCc2nc(Cl)c(Cc3c[nH]c4ncccc34)s2)cc1. The van der Waals surface area contributed by atoms with Gasteiger partial charge in [0.25, 0.3) is 0 Å². The lowest BCUT2D eigenvalue weighted by molar-refractivity contribution is 0.626. The second-order valence-corrected chi connectivity index (χ2v) is 14.9. The average Bonchev–Trinajstić information content (AvgIpc) is 3.94. The molecular formula is C40H35ClF2N6S2. The molecule has 0 unspecified atom stereocenters. The van der Waals surface area contributed by atoms with Crippen LogP contribution < -0.4 is 0 Å². The molecule has 0 fully saturated rings. The summed E-state index contributed by atoms with van der Waals surface area (Å²) in [5.74, 6) is -0.400. The summed E-state index contributed by atoms with van der Waals surface area (Å²) < 4.78 is 26.0. The van der Waals surface area contributed by atoms with E-state index in [9.17, 15) is 8.78 Å². The Balaban J connectivity index is 0.000000159. The Morgan fingerprint density at radius 3 is 1.65 bits per heavy atom. The third-order valence-corrected chi connectivity index (χ3v) is 11.4. The summed E-state index contributed by atoms with van der Waals surface area (Å²) in [6.45, 7) is 2.15. The summed E-state index contributed by atoms with van der Waals surface area (Å²) in [5, 5.41) is 5.01. The standard InChI is InChI=1S/C21H20FN3S.C19H15ClFN3S/c1-2-18-19(12-15-13-24-21-17(15)4-3-11-23-21)26-20(25-18)10-7-14-5-8-16(22)9-6-14;20-18-16(10-13-11-23-19-15(13)2-1-9-22-19)25-17(24-18)8-5-12-3-6-14(21)7-4-12/h3-6,8-9,11,13H,2,7,10,12H2,1H3,(H,23,24);1-4,6-7,9,11H,5,8,10H2,(H,22,23). The van der Waals surface area contributed by atoms with Crippen molar-refractivity contribution in [3.63, 3.8) is 0 Å². The average molecular weight is 737 g/mol. The molecule has 0 atom stereocenters. The predicted octanol–water partition coefficient (Wildman–Crippen LogP) is 10.3. The van der Waals surface area contributed by atoms with Crippen molar-refractivity contribution in [2.45, 2.75) is 51.9 Å². The highest BCUT2D eigenvalue weighted by Gasteiger charge is 2.15. The van der Waals surface area contributed by atoms with Crippen LogP contribution >= 0.6 is 34.3 Å². The largest absolute Gasteiger partial charge is 0.346 e. The van der Waals surface area contributed by atoms with Gasteiger partial charge in [-0.1, -0.05) is 42.8 Å². The zero-order valence-corrected chi connectivity index (χ0v) is 30.3. The van der Waals surface area contributed by atoms with Crippen molar-refractivity contribution < 1.29 is 8.78 Å². The Labute approximate surface area is 307 Å². The van der Waals surface area contributed by atoms with Gasteiger partial charge in [-0.25, -0.2) is 28.7 Å². The molecule has 11 heteroatoms. The molecule has 6 heterocycles. The molecular weight excluding hydrogens is 702 g/mol. The molecule has 0 aliphatic carbocycles. The molecule has 0 aliphatic rings. The van der Waals surface area contributed by atoms with E-state index in [2.05, 4.69) is 50.2 Å². The second-order valence-electron chi connectivity index (χ2n) is 12.2. The van der Waals surface area contributed by atoms with E-state index in [1.54, 1.807) is 35.1 Å². The monoisotopic (exact) mass is 736 g/mol. The van der Waals surface area contributed by atoms with Gasteiger partial charge >= 0.3 is 0 Å². The summed E-state index contributed by atoms with van der Waals surface area (Å²) in [6, 6.07) is 21.4. The number of aromatic amines is 2. The predicted molar refractivity (Wildman–Crippen MR) is 204 cm³/mol. The van der Waals surface area contributed by atoms with Gasteiger partial charge in [-0.15, -0.1) is 22.7 Å². The van der Waals surface area contributed by atoms with Crippen LogP contribution in [0.5, 0.6) is 0 Å². The molecule has 0 saturated carbocycles. The second kappa shape index (κ2) is 16.1. The molecule has 258 valence electrons. The van der Waals surface area contributed by atoms with Gasteiger partial charge in [0.2, 0.25) is 0 Å². The Hall–Kier alpha value is -4.77. The number of rotatable bonds is 11. The van der Waals surface area contributed by atoms with Gasteiger partial charge < -0.3 is 9.97 Å². The molecule has 6 nitrogen and oxygen atoms in total. The number of fused-ring (bicyclic) bond motifs is 2. The maximum absolute atomic E-state index is 13.0. The van der Waals surface area contributed by atoms with Crippen molar-refractivity contribution in [1.29, 1.82) is 0 Å². The van der Waals surface area contributed by atoms with Crippen molar-refractivity contribution in [3.05, 3.63) is 162 Å². The van der Waals surface area contributed by atoms with E-state index in [4.69, 9.17) is 16.6 Å². The van der Waals surface area contributed by atoms with Crippen LogP contribution in [0.15, 0.2) is 97.6 Å². The van der Waals surface area contributed by atoms with E-state index in [0.717, 1.165) is 87.6 Å². The minimum absolute atomic E-state index is 0.188. The number of aryl methyl sites for hydroxylation is 5. The summed E-state index contributed by atoms with van der Waals surface area (Å²) in [5.41, 5.74) is 7.66. The zero-order chi connectivity index (χ0) is 35.2. The number of H-pyrrole nitrogens is 2. The van der Waals surface area contributed by atoms with Gasteiger partial charge in [0.15, 0.2) is 0 Å². The van der Waals surface area contributed by atoms with E-state index >= 15 is 0 Å². The normalized spacial score (nSPS) is 11.3. The van der Waals surface area contributed by atoms with Crippen molar-refractivity contribution >= 4 is 56.3 Å². The zero-order valence-electron chi connectivity index (χ0n) is 27.9. The Morgan fingerprint density at radius 1 is 0.627 bits per heavy atom. The van der Waals surface area contributed by atoms with Crippen LogP contribution in [0.25, 0.3) is 22.1 Å². The summed E-state index contributed by atoms with van der Waals surface area (Å²) in [4.78, 5) is 26.8. The number of thiazole rings is 2. The van der Waals surface area contributed by atoms with Gasteiger partial charge in [-0.2, -0.15) is 0 Å². The van der Waals surface area contributed by atoms with Crippen LogP contribution in [0.4, 0.5) is 8.78 Å². The Morgan fingerprint density at radius 2 is 1.12 bits per heavy atom. The topological polar surface area (TPSA) is 83.1 Å². The minimum Gasteiger partial charge on any atom is -0.346 e. The highest BCUT2D eigenvalue weighted by atomic mass is 35.5.